The number of thiazole rings is 1. The molecule has 1 aliphatic heterocycles. The molecule has 0 saturated carbocycles. The predicted octanol–water partition coefficient (Wildman–Crippen LogP) is 5.43. The van der Waals surface area contributed by atoms with Gasteiger partial charge in [-0.2, -0.15) is 12.7 Å². The van der Waals surface area contributed by atoms with Gasteiger partial charge in [-0.25, -0.2) is 23.7 Å². The van der Waals surface area contributed by atoms with Crippen LogP contribution in [-0.4, -0.2) is 46.9 Å². The van der Waals surface area contributed by atoms with E-state index in [2.05, 4.69) is 19.7 Å². The van der Waals surface area contributed by atoms with E-state index >= 15 is 4.39 Å². The minimum Gasteiger partial charge on any atom is -0.268 e. The van der Waals surface area contributed by atoms with Gasteiger partial charge in [0.1, 0.15) is 11.2 Å². The Kier molecular flexibility index (Phi) is 6.49. The van der Waals surface area contributed by atoms with Crippen LogP contribution in [0.4, 0.5) is 14.5 Å². The number of alkyl halides is 1. The van der Waals surface area contributed by atoms with Gasteiger partial charge in [0.25, 0.3) is 0 Å². The number of aromatic nitrogens is 3. The second-order valence-corrected chi connectivity index (χ2v) is 10.8. The summed E-state index contributed by atoms with van der Waals surface area (Å²) in [5.41, 5.74) is 1.39. The van der Waals surface area contributed by atoms with E-state index in [4.69, 9.17) is 11.6 Å². The van der Waals surface area contributed by atoms with Gasteiger partial charge in [0.05, 0.1) is 22.0 Å². The number of anilines is 1. The third kappa shape index (κ3) is 4.90. The third-order valence-electron chi connectivity index (χ3n) is 5.43. The van der Waals surface area contributed by atoms with Gasteiger partial charge in [-0.1, -0.05) is 36.4 Å². The Bertz CT molecular complexity index is 1480. The Morgan fingerprint density at radius 2 is 1.89 bits per heavy atom. The third-order valence-corrected chi connectivity index (χ3v) is 8.23. The molecule has 0 aliphatic carbocycles. The van der Waals surface area contributed by atoms with E-state index in [-0.39, 0.29) is 41.7 Å². The van der Waals surface area contributed by atoms with E-state index < -0.39 is 22.2 Å². The van der Waals surface area contributed by atoms with Crippen molar-refractivity contribution in [1.82, 2.24) is 19.3 Å². The minimum absolute atomic E-state index is 0.0295. The number of nitrogens with zero attached hydrogens (tertiary/aromatic N) is 4. The molecule has 1 N–H and O–H groups in total. The Morgan fingerprint density at radius 3 is 2.60 bits per heavy atom. The molecule has 1 aliphatic rings. The lowest BCUT2D eigenvalue weighted by molar-refractivity contribution is 0.343. The van der Waals surface area contributed by atoms with E-state index in [1.165, 1.54) is 35.7 Å². The summed E-state index contributed by atoms with van der Waals surface area (Å²) in [6.07, 6.45) is 0.359. The van der Waals surface area contributed by atoms with Crippen molar-refractivity contribution in [3.8, 4) is 32.4 Å². The first-order chi connectivity index (χ1) is 16.8. The number of nitrogens with one attached hydrogen (secondary N) is 1. The van der Waals surface area contributed by atoms with Gasteiger partial charge in [-0.15, -0.1) is 11.3 Å². The van der Waals surface area contributed by atoms with Crippen LogP contribution in [0.5, 0.6) is 0 Å². The van der Waals surface area contributed by atoms with Crippen LogP contribution in [0.1, 0.15) is 6.42 Å². The topological polar surface area (TPSA) is 88.1 Å². The van der Waals surface area contributed by atoms with Gasteiger partial charge in [-0.3, -0.25) is 4.72 Å². The highest BCUT2D eigenvalue weighted by molar-refractivity contribution is 7.90. The van der Waals surface area contributed by atoms with Crippen LogP contribution in [0.2, 0.25) is 5.28 Å². The fourth-order valence-corrected chi connectivity index (χ4v) is 6.22. The largest absolute Gasteiger partial charge is 0.301 e. The molecule has 1 fully saturated rings. The Labute approximate surface area is 209 Å². The summed E-state index contributed by atoms with van der Waals surface area (Å²) >= 11 is 7.30. The van der Waals surface area contributed by atoms with Crippen molar-refractivity contribution in [2.45, 2.75) is 12.6 Å². The first-order valence-electron chi connectivity index (χ1n) is 10.6. The standard InChI is InChI=1S/C23H18ClF2N5O2S2/c24-23-27-11-9-18(28-23)21-20(29-22(34-21)14-5-2-1-3-6-14)16-7-4-8-17(19(16)26)30-35(32,33)31-12-10-15(25)13-31/h1-9,11,15,30H,10,12-13H2/t15-/m1/s1. The highest BCUT2D eigenvalue weighted by Crippen LogP contribution is 2.41. The van der Waals surface area contributed by atoms with E-state index in [0.717, 1.165) is 9.87 Å². The lowest BCUT2D eigenvalue weighted by Gasteiger charge is -2.18. The molecule has 12 heteroatoms. The van der Waals surface area contributed by atoms with Crippen molar-refractivity contribution in [2.75, 3.05) is 17.8 Å². The molecule has 0 unspecified atom stereocenters. The maximum Gasteiger partial charge on any atom is 0.301 e. The van der Waals surface area contributed by atoms with Gasteiger partial charge < -0.3 is 0 Å². The number of hydrogen-bond donors (Lipinski definition) is 1. The molecular formula is C23H18ClF2N5O2S2. The highest BCUT2D eigenvalue weighted by Gasteiger charge is 2.32. The van der Waals surface area contributed by atoms with Gasteiger partial charge in [0.15, 0.2) is 5.82 Å². The fraction of sp³-hybridized carbons (Fsp3) is 0.174. The Hall–Kier alpha value is -2.99. The van der Waals surface area contributed by atoms with E-state index in [9.17, 15) is 12.8 Å². The molecule has 3 heterocycles. The van der Waals surface area contributed by atoms with Crippen molar-refractivity contribution >= 4 is 38.8 Å². The maximum absolute atomic E-state index is 15.7. The molecule has 35 heavy (non-hydrogen) atoms. The minimum atomic E-state index is -4.13. The van der Waals surface area contributed by atoms with Crippen molar-refractivity contribution < 1.29 is 17.2 Å². The Balaban J connectivity index is 1.60. The Morgan fingerprint density at radius 1 is 1.09 bits per heavy atom. The smallest absolute Gasteiger partial charge is 0.268 e. The summed E-state index contributed by atoms with van der Waals surface area (Å²) in [6, 6.07) is 15.4. The van der Waals surface area contributed by atoms with E-state index in [1.54, 1.807) is 6.07 Å². The van der Waals surface area contributed by atoms with Crippen molar-refractivity contribution in [1.29, 1.82) is 0 Å². The number of hydrogen-bond acceptors (Lipinski definition) is 6. The monoisotopic (exact) mass is 533 g/mol. The summed E-state index contributed by atoms with van der Waals surface area (Å²) in [6.45, 7) is -0.231. The number of rotatable bonds is 6. The summed E-state index contributed by atoms with van der Waals surface area (Å²) in [5, 5.41) is 0.656. The average Bonchev–Trinajstić information content (AvgIpc) is 3.48. The molecule has 0 spiro atoms. The zero-order valence-electron chi connectivity index (χ0n) is 18.0. The van der Waals surface area contributed by atoms with Gasteiger partial charge in [-0.05, 0) is 36.2 Å². The first kappa shape index (κ1) is 23.7. The van der Waals surface area contributed by atoms with Gasteiger partial charge in [0.2, 0.25) is 5.28 Å². The van der Waals surface area contributed by atoms with Crippen molar-refractivity contribution in [3.63, 3.8) is 0 Å². The van der Waals surface area contributed by atoms with Crippen molar-refractivity contribution in [2.24, 2.45) is 0 Å². The predicted molar refractivity (Wildman–Crippen MR) is 133 cm³/mol. The molecule has 2 aromatic heterocycles. The molecule has 5 rings (SSSR count). The SMILES string of the molecule is O=S(=O)(Nc1cccc(-c2nc(-c3ccccc3)sc2-c2ccnc(Cl)n2)c1F)N1CC[C@@H](F)C1. The zero-order valence-corrected chi connectivity index (χ0v) is 20.4. The van der Waals surface area contributed by atoms with Crippen LogP contribution in [0.3, 0.4) is 0 Å². The normalized spacial score (nSPS) is 16.5. The molecule has 2 aromatic carbocycles. The second-order valence-electron chi connectivity index (χ2n) is 7.79. The molecule has 1 atom stereocenters. The van der Waals surface area contributed by atoms with Crippen LogP contribution in [-0.2, 0) is 10.2 Å². The van der Waals surface area contributed by atoms with Gasteiger partial charge >= 0.3 is 10.2 Å². The first-order valence-corrected chi connectivity index (χ1v) is 13.2. The molecule has 7 nitrogen and oxygen atoms in total. The molecule has 4 aromatic rings. The number of benzene rings is 2. The molecular weight excluding hydrogens is 516 g/mol. The van der Waals surface area contributed by atoms with Crippen molar-refractivity contribution in [3.05, 3.63) is 71.9 Å². The van der Waals surface area contributed by atoms with Crippen LogP contribution < -0.4 is 4.72 Å². The van der Waals surface area contributed by atoms with Crippen LogP contribution in [0.15, 0.2) is 60.8 Å². The lowest BCUT2D eigenvalue weighted by Crippen LogP contribution is -2.34. The summed E-state index contributed by atoms with van der Waals surface area (Å²) in [5.74, 6) is -0.807. The average molecular weight is 534 g/mol. The van der Waals surface area contributed by atoms with Crippen LogP contribution >= 0.6 is 22.9 Å². The summed E-state index contributed by atoms with van der Waals surface area (Å²) in [7, 11) is -4.13. The highest BCUT2D eigenvalue weighted by atomic mass is 35.5. The summed E-state index contributed by atoms with van der Waals surface area (Å²) in [4.78, 5) is 13.4. The fourth-order valence-electron chi connectivity index (χ4n) is 3.74. The van der Waals surface area contributed by atoms with E-state index in [0.29, 0.717) is 15.6 Å². The van der Waals surface area contributed by atoms with Crippen LogP contribution in [0, 0.1) is 5.82 Å². The summed E-state index contributed by atoms with van der Waals surface area (Å²) < 4.78 is 57.9. The molecule has 180 valence electrons. The molecule has 0 bridgehead atoms. The zero-order chi connectivity index (χ0) is 24.6. The van der Waals surface area contributed by atoms with Gasteiger partial charge in [0, 0.05) is 30.4 Å². The quantitative estimate of drug-likeness (QED) is 0.334. The van der Waals surface area contributed by atoms with E-state index in [1.807, 2.05) is 30.3 Å². The molecule has 0 amide bonds. The van der Waals surface area contributed by atoms with Crippen LogP contribution in [0.25, 0.3) is 32.4 Å². The number of halogens is 3. The molecule has 1 saturated heterocycles. The lowest BCUT2D eigenvalue weighted by atomic mass is 10.1. The molecule has 0 radical (unpaired) electrons. The second kappa shape index (κ2) is 9.57. The maximum atomic E-state index is 15.7.